The highest BCUT2D eigenvalue weighted by atomic mass is 16.6. The quantitative estimate of drug-likeness (QED) is 0.502. The molecule has 1 aromatic carbocycles. The number of rotatable bonds is 4. The molecule has 0 spiro atoms. The maximum atomic E-state index is 10.5. The molecule has 1 heterocycles. The van der Waals surface area contributed by atoms with E-state index in [1.807, 2.05) is 29.1 Å². The van der Waals surface area contributed by atoms with Gasteiger partial charge in [0.15, 0.2) is 18.9 Å². The standard InChI is InChI=1S/C13H14N3O2/c14-9-11-5-7-15(8-6-11)10-12-1-3-13(4-2-12)16(17)18/h1-8H,9-10,14H2/q+1. The highest BCUT2D eigenvalue weighted by Gasteiger charge is 2.06. The van der Waals surface area contributed by atoms with Gasteiger partial charge in [-0.2, -0.15) is 0 Å². The monoisotopic (exact) mass is 244 g/mol. The van der Waals surface area contributed by atoms with E-state index >= 15 is 0 Å². The second kappa shape index (κ2) is 5.37. The van der Waals surface area contributed by atoms with Gasteiger partial charge in [0.1, 0.15) is 0 Å². The SMILES string of the molecule is NCc1cc[n+](Cc2ccc([N+](=O)[O-])cc2)cc1. The molecule has 2 rings (SSSR count). The van der Waals surface area contributed by atoms with Gasteiger partial charge in [0.2, 0.25) is 0 Å². The van der Waals surface area contributed by atoms with Crippen molar-refractivity contribution in [1.82, 2.24) is 0 Å². The van der Waals surface area contributed by atoms with Gasteiger partial charge in [-0.05, 0) is 17.7 Å². The molecule has 0 aliphatic heterocycles. The van der Waals surface area contributed by atoms with Crippen LogP contribution in [0, 0.1) is 10.1 Å². The van der Waals surface area contributed by atoms with Gasteiger partial charge < -0.3 is 5.73 Å². The molecule has 0 saturated carbocycles. The summed E-state index contributed by atoms with van der Waals surface area (Å²) in [5.41, 5.74) is 7.74. The molecular formula is C13H14N3O2+. The molecule has 0 fully saturated rings. The molecular weight excluding hydrogens is 230 g/mol. The lowest BCUT2D eigenvalue weighted by molar-refractivity contribution is -0.688. The number of nitrogens with zero attached hydrogens (tertiary/aromatic N) is 2. The fourth-order valence-electron chi connectivity index (χ4n) is 1.66. The first-order chi connectivity index (χ1) is 8.69. The van der Waals surface area contributed by atoms with Crippen LogP contribution in [0.3, 0.4) is 0 Å². The third-order valence-electron chi connectivity index (χ3n) is 2.71. The topological polar surface area (TPSA) is 73.0 Å². The molecule has 5 heteroatoms. The Morgan fingerprint density at radius 3 is 2.17 bits per heavy atom. The van der Waals surface area contributed by atoms with Crippen LogP contribution in [-0.2, 0) is 13.1 Å². The molecule has 18 heavy (non-hydrogen) atoms. The summed E-state index contributed by atoms with van der Waals surface area (Å²) in [7, 11) is 0. The maximum absolute atomic E-state index is 10.5. The van der Waals surface area contributed by atoms with E-state index in [0.29, 0.717) is 13.1 Å². The summed E-state index contributed by atoms with van der Waals surface area (Å²) in [6.07, 6.45) is 3.90. The highest BCUT2D eigenvalue weighted by molar-refractivity contribution is 5.32. The number of aromatic nitrogens is 1. The van der Waals surface area contributed by atoms with Gasteiger partial charge in [0, 0.05) is 36.4 Å². The van der Waals surface area contributed by atoms with Crippen LogP contribution < -0.4 is 10.3 Å². The Balaban J connectivity index is 2.10. The molecule has 0 aliphatic carbocycles. The molecule has 0 atom stereocenters. The van der Waals surface area contributed by atoms with Crippen molar-refractivity contribution in [3.8, 4) is 0 Å². The van der Waals surface area contributed by atoms with Crippen LogP contribution in [-0.4, -0.2) is 4.92 Å². The Bertz CT molecular complexity index is 535. The van der Waals surface area contributed by atoms with E-state index in [2.05, 4.69) is 0 Å². The minimum absolute atomic E-state index is 0.113. The summed E-state index contributed by atoms with van der Waals surface area (Å²) in [4.78, 5) is 10.1. The van der Waals surface area contributed by atoms with Crippen molar-refractivity contribution in [2.24, 2.45) is 5.73 Å². The Morgan fingerprint density at radius 1 is 1.06 bits per heavy atom. The van der Waals surface area contributed by atoms with E-state index in [4.69, 9.17) is 5.73 Å². The van der Waals surface area contributed by atoms with Gasteiger partial charge in [0.05, 0.1) is 4.92 Å². The normalized spacial score (nSPS) is 10.3. The zero-order chi connectivity index (χ0) is 13.0. The van der Waals surface area contributed by atoms with Crippen molar-refractivity contribution < 1.29 is 9.49 Å². The van der Waals surface area contributed by atoms with Gasteiger partial charge in [-0.25, -0.2) is 4.57 Å². The molecule has 0 unspecified atom stereocenters. The average molecular weight is 244 g/mol. The van der Waals surface area contributed by atoms with E-state index in [1.165, 1.54) is 12.1 Å². The van der Waals surface area contributed by atoms with Crippen molar-refractivity contribution >= 4 is 5.69 Å². The highest BCUT2D eigenvalue weighted by Crippen LogP contribution is 2.11. The smallest absolute Gasteiger partial charge is 0.269 e. The molecule has 2 aromatic rings. The first-order valence-electron chi connectivity index (χ1n) is 5.60. The van der Waals surface area contributed by atoms with Gasteiger partial charge in [-0.3, -0.25) is 10.1 Å². The number of benzene rings is 1. The number of nitro benzene ring substituents is 1. The lowest BCUT2D eigenvalue weighted by Crippen LogP contribution is -2.33. The zero-order valence-corrected chi connectivity index (χ0v) is 9.82. The van der Waals surface area contributed by atoms with Crippen LogP contribution in [0.5, 0.6) is 0 Å². The fraction of sp³-hybridized carbons (Fsp3) is 0.154. The number of hydrogen-bond acceptors (Lipinski definition) is 3. The summed E-state index contributed by atoms with van der Waals surface area (Å²) in [5, 5.41) is 10.5. The molecule has 2 N–H and O–H groups in total. The van der Waals surface area contributed by atoms with E-state index < -0.39 is 4.92 Å². The number of non-ortho nitro benzene ring substituents is 1. The average Bonchev–Trinajstić information content (AvgIpc) is 2.40. The summed E-state index contributed by atoms with van der Waals surface area (Å²) in [6.45, 7) is 1.21. The van der Waals surface area contributed by atoms with Crippen LogP contribution in [0.2, 0.25) is 0 Å². The lowest BCUT2D eigenvalue weighted by Gasteiger charge is -1.99. The van der Waals surface area contributed by atoms with Crippen LogP contribution in [0.15, 0.2) is 48.8 Å². The van der Waals surface area contributed by atoms with Gasteiger partial charge in [-0.15, -0.1) is 0 Å². The Hall–Kier alpha value is -2.27. The molecule has 0 radical (unpaired) electrons. The van der Waals surface area contributed by atoms with E-state index in [9.17, 15) is 10.1 Å². The van der Waals surface area contributed by atoms with Gasteiger partial charge in [0.25, 0.3) is 5.69 Å². The van der Waals surface area contributed by atoms with Crippen molar-refractivity contribution in [1.29, 1.82) is 0 Å². The molecule has 0 amide bonds. The summed E-state index contributed by atoms with van der Waals surface area (Å²) in [5.74, 6) is 0. The Kier molecular flexibility index (Phi) is 3.64. The Morgan fingerprint density at radius 2 is 1.67 bits per heavy atom. The van der Waals surface area contributed by atoms with Crippen LogP contribution in [0.25, 0.3) is 0 Å². The largest absolute Gasteiger partial charge is 0.326 e. The third kappa shape index (κ3) is 2.89. The number of pyridine rings is 1. The maximum Gasteiger partial charge on any atom is 0.269 e. The second-order valence-corrected chi connectivity index (χ2v) is 4.01. The zero-order valence-electron chi connectivity index (χ0n) is 9.82. The van der Waals surface area contributed by atoms with E-state index in [0.717, 1.165) is 11.1 Å². The fourth-order valence-corrected chi connectivity index (χ4v) is 1.66. The molecule has 0 saturated heterocycles. The van der Waals surface area contributed by atoms with Crippen LogP contribution in [0.1, 0.15) is 11.1 Å². The third-order valence-corrected chi connectivity index (χ3v) is 2.71. The predicted octanol–water partition coefficient (Wildman–Crippen LogP) is 1.39. The molecule has 1 aromatic heterocycles. The number of hydrogen-bond donors (Lipinski definition) is 1. The van der Waals surface area contributed by atoms with Crippen molar-refractivity contribution in [2.45, 2.75) is 13.1 Å². The summed E-state index contributed by atoms with van der Waals surface area (Å²) < 4.78 is 2.00. The van der Waals surface area contributed by atoms with Crippen LogP contribution >= 0.6 is 0 Å². The van der Waals surface area contributed by atoms with Crippen molar-refractivity contribution in [2.75, 3.05) is 0 Å². The summed E-state index contributed by atoms with van der Waals surface area (Å²) >= 11 is 0. The molecule has 92 valence electrons. The van der Waals surface area contributed by atoms with Crippen LogP contribution in [0.4, 0.5) is 5.69 Å². The van der Waals surface area contributed by atoms with E-state index in [-0.39, 0.29) is 5.69 Å². The minimum Gasteiger partial charge on any atom is -0.326 e. The first kappa shape index (κ1) is 12.2. The number of nitro groups is 1. The van der Waals surface area contributed by atoms with Crippen molar-refractivity contribution in [3.05, 3.63) is 70.0 Å². The minimum atomic E-state index is -0.396. The summed E-state index contributed by atoms with van der Waals surface area (Å²) in [6, 6.07) is 10.5. The van der Waals surface area contributed by atoms with Crippen molar-refractivity contribution in [3.63, 3.8) is 0 Å². The number of nitrogens with two attached hydrogens (primary N) is 1. The molecule has 5 nitrogen and oxygen atoms in total. The first-order valence-corrected chi connectivity index (χ1v) is 5.60. The van der Waals surface area contributed by atoms with E-state index in [1.54, 1.807) is 12.1 Å². The molecule has 0 aliphatic rings. The van der Waals surface area contributed by atoms with Gasteiger partial charge in [-0.1, -0.05) is 0 Å². The van der Waals surface area contributed by atoms with Gasteiger partial charge >= 0.3 is 0 Å². The Labute approximate surface area is 105 Å². The predicted molar refractivity (Wildman–Crippen MR) is 66.7 cm³/mol. The molecule has 0 bridgehead atoms. The lowest BCUT2D eigenvalue weighted by atomic mass is 10.2. The second-order valence-electron chi connectivity index (χ2n) is 4.01.